The fourth-order valence-corrected chi connectivity index (χ4v) is 0.718. The number of hydrogen-bond donors (Lipinski definition) is 2. The lowest BCUT2D eigenvalue weighted by Gasteiger charge is -1.92. The molecular formula is C6H6N4O2. The van der Waals surface area contributed by atoms with Crippen molar-refractivity contribution in [1.82, 2.24) is 9.78 Å². The van der Waals surface area contributed by atoms with Crippen LogP contribution in [0.1, 0.15) is 0 Å². The first-order chi connectivity index (χ1) is 5.72. The van der Waals surface area contributed by atoms with Crippen LogP contribution in [0.15, 0.2) is 12.4 Å². The second-order valence-electron chi connectivity index (χ2n) is 2.06. The zero-order valence-corrected chi connectivity index (χ0v) is 6.06. The number of carboxylic acid groups (broad SMARTS) is 1. The number of nitrogens with one attached hydrogen (secondary N) is 1. The van der Waals surface area contributed by atoms with Gasteiger partial charge in [0.05, 0.1) is 11.9 Å². The average molecular weight is 166 g/mol. The summed E-state index contributed by atoms with van der Waals surface area (Å²) in [6.07, 6.45) is 4.52. The van der Waals surface area contributed by atoms with Crippen LogP contribution in [0.4, 0.5) is 5.69 Å². The molecule has 0 saturated carbocycles. The Morgan fingerprint density at radius 2 is 2.67 bits per heavy atom. The summed E-state index contributed by atoms with van der Waals surface area (Å²) in [5.74, 6) is -0.971. The van der Waals surface area contributed by atoms with E-state index >= 15 is 0 Å². The summed E-state index contributed by atoms with van der Waals surface area (Å²) in [5, 5.41) is 22.6. The van der Waals surface area contributed by atoms with Crippen LogP contribution in [-0.4, -0.2) is 20.9 Å². The van der Waals surface area contributed by atoms with E-state index in [0.29, 0.717) is 5.69 Å². The highest BCUT2D eigenvalue weighted by molar-refractivity contribution is 5.66. The van der Waals surface area contributed by atoms with Crippen molar-refractivity contribution in [3.8, 4) is 6.19 Å². The molecule has 0 aliphatic rings. The first-order valence-electron chi connectivity index (χ1n) is 3.11. The number of aliphatic carboxylic acids is 1. The number of carbonyl (C=O) groups is 1. The molecule has 0 radical (unpaired) electrons. The van der Waals surface area contributed by atoms with Gasteiger partial charge in [0.2, 0.25) is 0 Å². The third-order valence-electron chi connectivity index (χ3n) is 1.13. The summed E-state index contributed by atoms with van der Waals surface area (Å²) >= 11 is 0. The van der Waals surface area contributed by atoms with Crippen LogP contribution in [0.5, 0.6) is 0 Å². The van der Waals surface area contributed by atoms with Crippen LogP contribution in [0.2, 0.25) is 0 Å². The first kappa shape index (κ1) is 8.07. The molecule has 0 aliphatic carbocycles. The molecule has 1 heterocycles. The molecule has 6 nitrogen and oxygen atoms in total. The number of carboxylic acids is 1. The van der Waals surface area contributed by atoms with Crippen molar-refractivity contribution < 1.29 is 9.90 Å². The molecule has 0 aromatic carbocycles. The molecule has 0 amide bonds. The molecule has 0 spiro atoms. The standard InChI is InChI=1S/C6H6N4O2/c7-4-8-5-1-9-10(2-5)3-6(11)12/h1-2,8H,3H2,(H,11,12). The van der Waals surface area contributed by atoms with E-state index < -0.39 is 5.97 Å². The van der Waals surface area contributed by atoms with Crippen molar-refractivity contribution in [1.29, 1.82) is 5.26 Å². The van der Waals surface area contributed by atoms with E-state index in [-0.39, 0.29) is 6.54 Å². The normalized spacial score (nSPS) is 8.92. The molecule has 0 fully saturated rings. The van der Waals surface area contributed by atoms with E-state index in [0.717, 1.165) is 0 Å². The van der Waals surface area contributed by atoms with Crippen molar-refractivity contribution in [3.63, 3.8) is 0 Å². The zero-order valence-electron chi connectivity index (χ0n) is 6.06. The van der Waals surface area contributed by atoms with Crippen LogP contribution >= 0.6 is 0 Å². The smallest absolute Gasteiger partial charge is 0.325 e. The highest BCUT2D eigenvalue weighted by atomic mass is 16.4. The summed E-state index contributed by atoms with van der Waals surface area (Å²) in [6.45, 7) is -0.201. The Balaban J connectivity index is 2.65. The van der Waals surface area contributed by atoms with Gasteiger partial charge in [-0.25, -0.2) is 0 Å². The Hall–Kier alpha value is -2.03. The minimum atomic E-state index is -0.971. The van der Waals surface area contributed by atoms with Gasteiger partial charge in [0.1, 0.15) is 6.54 Å². The van der Waals surface area contributed by atoms with E-state index in [2.05, 4.69) is 10.4 Å². The Kier molecular flexibility index (Phi) is 2.28. The van der Waals surface area contributed by atoms with Crippen LogP contribution in [0.25, 0.3) is 0 Å². The topological polar surface area (TPSA) is 90.9 Å². The number of hydrogen-bond acceptors (Lipinski definition) is 4. The van der Waals surface area contributed by atoms with Gasteiger partial charge < -0.3 is 5.11 Å². The van der Waals surface area contributed by atoms with E-state index in [1.807, 2.05) is 0 Å². The molecule has 1 aromatic rings. The van der Waals surface area contributed by atoms with Crippen molar-refractivity contribution in [2.75, 3.05) is 5.32 Å². The largest absolute Gasteiger partial charge is 0.480 e. The molecule has 12 heavy (non-hydrogen) atoms. The molecule has 2 N–H and O–H groups in total. The highest BCUT2D eigenvalue weighted by Gasteiger charge is 2.00. The minimum Gasteiger partial charge on any atom is -0.480 e. The van der Waals surface area contributed by atoms with Gasteiger partial charge in [-0.05, 0) is 0 Å². The summed E-state index contributed by atoms with van der Waals surface area (Å²) in [7, 11) is 0. The molecule has 1 rings (SSSR count). The molecule has 0 saturated heterocycles. The first-order valence-corrected chi connectivity index (χ1v) is 3.11. The fraction of sp³-hybridized carbons (Fsp3) is 0.167. The van der Waals surface area contributed by atoms with Gasteiger partial charge in [0, 0.05) is 6.20 Å². The number of nitrogens with zero attached hydrogens (tertiary/aromatic N) is 3. The second kappa shape index (κ2) is 3.39. The third-order valence-corrected chi connectivity index (χ3v) is 1.13. The molecule has 6 heteroatoms. The molecule has 0 unspecified atom stereocenters. The maximum absolute atomic E-state index is 10.2. The molecule has 1 aromatic heterocycles. The van der Waals surface area contributed by atoms with Crippen LogP contribution in [0, 0.1) is 11.5 Å². The average Bonchev–Trinajstić information content (AvgIpc) is 2.36. The van der Waals surface area contributed by atoms with Gasteiger partial charge in [-0.15, -0.1) is 0 Å². The van der Waals surface area contributed by atoms with Crippen LogP contribution < -0.4 is 5.32 Å². The second-order valence-corrected chi connectivity index (χ2v) is 2.06. The highest BCUT2D eigenvalue weighted by Crippen LogP contribution is 2.02. The van der Waals surface area contributed by atoms with Crippen LogP contribution in [0.3, 0.4) is 0 Å². The molecule has 0 aliphatic heterocycles. The van der Waals surface area contributed by atoms with E-state index in [1.54, 1.807) is 6.19 Å². The van der Waals surface area contributed by atoms with Crippen molar-refractivity contribution in [3.05, 3.63) is 12.4 Å². The monoisotopic (exact) mass is 166 g/mol. The van der Waals surface area contributed by atoms with Gasteiger partial charge in [0.15, 0.2) is 6.19 Å². The molecule has 0 bridgehead atoms. The Morgan fingerprint density at radius 3 is 3.25 bits per heavy atom. The quantitative estimate of drug-likeness (QED) is 0.481. The predicted octanol–water partition coefficient (Wildman–Crippen LogP) is -0.139. The van der Waals surface area contributed by atoms with Crippen LogP contribution in [-0.2, 0) is 11.3 Å². The predicted molar refractivity (Wildman–Crippen MR) is 39.1 cm³/mol. The van der Waals surface area contributed by atoms with Gasteiger partial charge in [-0.2, -0.15) is 10.4 Å². The number of aromatic nitrogens is 2. The Morgan fingerprint density at radius 1 is 1.92 bits per heavy atom. The summed E-state index contributed by atoms with van der Waals surface area (Å²) in [5.41, 5.74) is 0.485. The molecule has 0 atom stereocenters. The number of rotatable bonds is 3. The Bertz CT molecular complexity index is 325. The molecule has 62 valence electrons. The summed E-state index contributed by atoms with van der Waals surface area (Å²) in [6, 6.07) is 0. The van der Waals surface area contributed by atoms with E-state index in [9.17, 15) is 4.79 Å². The lowest BCUT2D eigenvalue weighted by atomic mass is 10.6. The van der Waals surface area contributed by atoms with E-state index in [1.165, 1.54) is 17.1 Å². The lowest BCUT2D eigenvalue weighted by molar-refractivity contribution is -0.137. The minimum absolute atomic E-state index is 0.201. The lowest BCUT2D eigenvalue weighted by Crippen LogP contribution is -2.08. The number of nitriles is 1. The third kappa shape index (κ3) is 1.98. The maximum atomic E-state index is 10.2. The van der Waals surface area contributed by atoms with Gasteiger partial charge in [-0.1, -0.05) is 0 Å². The zero-order chi connectivity index (χ0) is 8.97. The van der Waals surface area contributed by atoms with Crippen molar-refractivity contribution >= 4 is 11.7 Å². The number of anilines is 1. The Labute approximate surface area is 68.0 Å². The van der Waals surface area contributed by atoms with E-state index in [4.69, 9.17) is 10.4 Å². The van der Waals surface area contributed by atoms with Crippen molar-refractivity contribution in [2.24, 2.45) is 0 Å². The van der Waals surface area contributed by atoms with Gasteiger partial charge >= 0.3 is 5.97 Å². The summed E-state index contributed by atoms with van der Waals surface area (Å²) in [4.78, 5) is 10.2. The fourth-order valence-electron chi connectivity index (χ4n) is 0.718. The SMILES string of the molecule is N#CNc1cnn(CC(=O)O)c1. The van der Waals surface area contributed by atoms with Crippen molar-refractivity contribution in [2.45, 2.75) is 6.54 Å². The molecular weight excluding hydrogens is 160 g/mol. The van der Waals surface area contributed by atoms with Gasteiger partial charge in [-0.3, -0.25) is 14.8 Å². The maximum Gasteiger partial charge on any atom is 0.325 e. The van der Waals surface area contributed by atoms with Gasteiger partial charge in [0.25, 0.3) is 0 Å². The summed E-state index contributed by atoms with van der Waals surface area (Å²) < 4.78 is 1.22.